The molecule has 2 atom stereocenters. The summed E-state index contributed by atoms with van der Waals surface area (Å²) in [5.74, 6) is 0.871. The van der Waals surface area contributed by atoms with Gasteiger partial charge in [-0.15, -0.1) is 0 Å². The molecule has 1 aliphatic carbocycles. The molecule has 0 radical (unpaired) electrons. The predicted octanol–water partition coefficient (Wildman–Crippen LogP) is 0.816. The van der Waals surface area contributed by atoms with Crippen molar-refractivity contribution in [3.63, 3.8) is 0 Å². The summed E-state index contributed by atoms with van der Waals surface area (Å²) >= 11 is 0. The molecule has 1 aromatic heterocycles. The number of rotatable bonds is 1. The Bertz CT molecular complexity index is 384. The van der Waals surface area contributed by atoms with E-state index < -0.39 is 0 Å². The molecule has 1 aromatic rings. The lowest BCUT2D eigenvalue weighted by Gasteiger charge is -2.38. The summed E-state index contributed by atoms with van der Waals surface area (Å²) in [6, 6.07) is 0.450. The topological polar surface area (TPSA) is 64.3 Å². The molecule has 0 aromatic carbocycles. The van der Waals surface area contributed by atoms with Crippen molar-refractivity contribution in [1.29, 1.82) is 0 Å². The molecule has 2 aliphatic rings. The standard InChI is InChI=1S/C11H16N4O/c12-8-6-13-7-14-11(8)15-4-5-16-10-3-1-2-9(10)15/h6-7,9-10H,1-5,12H2. The third-order valence-electron chi connectivity index (χ3n) is 3.47. The van der Waals surface area contributed by atoms with Crippen LogP contribution in [-0.2, 0) is 4.74 Å². The largest absolute Gasteiger partial charge is 0.394 e. The zero-order valence-corrected chi connectivity index (χ0v) is 9.17. The number of anilines is 2. The quantitative estimate of drug-likeness (QED) is 0.759. The highest BCUT2D eigenvalue weighted by Crippen LogP contribution is 2.33. The number of nitrogen functional groups attached to an aromatic ring is 1. The van der Waals surface area contributed by atoms with Gasteiger partial charge in [0.25, 0.3) is 0 Å². The van der Waals surface area contributed by atoms with Crippen LogP contribution in [0.4, 0.5) is 11.5 Å². The predicted molar refractivity (Wildman–Crippen MR) is 61.2 cm³/mol. The van der Waals surface area contributed by atoms with E-state index in [-0.39, 0.29) is 0 Å². The molecule has 2 heterocycles. The Morgan fingerprint density at radius 1 is 1.44 bits per heavy atom. The summed E-state index contributed by atoms with van der Waals surface area (Å²) in [5.41, 5.74) is 6.59. The Balaban J connectivity index is 1.91. The van der Waals surface area contributed by atoms with E-state index in [4.69, 9.17) is 10.5 Å². The van der Waals surface area contributed by atoms with Gasteiger partial charge < -0.3 is 15.4 Å². The van der Waals surface area contributed by atoms with E-state index in [0.717, 1.165) is 25.4 Å². The van der Waals surface area contributed by atoms with Crippen LogP contribution in [0.15, 0.2) is 12.5 Å². The summed E-state index contributed by atoms with van der Waals surface area (Å²) in [7, 11) is 0. The van der Waals surface area contributed by atoms with Gasteiger partial charge in [-0.3, -0.25) is 0 Å². The summed E-state index contributed by atoms with van der Waals surface area (Å²) in [5, 5.41) is 0. The molecule has 2 fully saturated rings. The lowest BCUT2D eigenvalue weighted by atomic mass is 10.1. The van der Waals surface area contributed by atoms with Gasteiger partial charge >= 0.3 is 0 Å². The van der Waals surface area contributed by atoms with Gasteiger partial charge in [-0.2, -0.15) is 0 Å². The maximum absolute atomic E-state index is 5.93. The first kappa shape index (κ1) is 9.84. The van der Waals surface area contributed by atoms with Crippen LogP contribution in [0.2, 0.25) is 0 Å². The zero-order chi connectivity index (χ0) is 11.0. The number of hydrogen-bond acceptors (Lipinski definition) is 5. The summed E-state index contributed by atoms with van der Waals surface area (Å²) in [4.78, 5) is 10.5. The van der Waals surface area contributed by atoms with Crippen molar-refractivity contribution in [3.05, 3.63) is 12.5 Å². The van der Waals surface area contributed by atoms with E-state index in [1.54, 1.807) is 12.5 Å². The Morgan fingerprint density at radius 2 is 2.38 bits per heavy atom. The molecular weight excluding hydrogens is 204 g/mol. The first-order valence-corrected chi connectivity index (χ1v) is 5.80. The van der Waals surface area contributed by atoms with E-state index in [1.807, 2.05) is 0 Å². The average Bonchev–Trinajstić information content (AvgIpc) is 2.77. The van der Waals surface area contributed by atoms with Gasteiger partial charge in [0.15, 0.2) is 5.82 Å². The first-order chi connectivity index (χ1) is 7.86. The maximum atomic E-state index is 5.93. The van der Waals surface area contributed by atoms with Crippen molar-refractivity contribution >= 4 is 11.5 Å². The number of ether oxygens (including phenoxy) is 1. The minimum Gasteiger partial charge on any atom is -0.394 e. The van der Waals surface area contributed by atoms with E-state index in [2.05, 4.69) is 14.9 Å². The highest BCUT2D eigenvalue weighted by Gasteiger charge is 2.37. The van der Waals surface area contributed by atoms with Crippen LogP contribution in [0.3, 0.4) is 0 Å². The van der Waals surface area contributed by atoms with Crippen molar-refractivity contribution in [1.82, 2.24) is 9.97 Å². The van der Waals surface area contributed by atoms with Crippen molar-refractivity contribution in [2.45, 2.75) is 31.4 Å². The van der Waals surface area contributed by atoms with Crippen molar-refractivity contribution in [2.24, 2.45) is 0 Å². The molecule has 1 saturated carbocycles. The summed E-state index contributed by atoms with van der Waals surface area (Å²) in [6.07, 6.45) is 7.16. The third-order valence-corrected chi connectivity index (χ3v) is 3.47. The molecule has 1 aliphatic heterocycles. The number of nitrogens with two attached hydrogens (primary N) is 1. The number of fused-ring (bicyclic) bond motifs is 1. The summed E-state index contributed by atoms with van der Waals surface area (Å²) < 4.78 is 5.77. The number of morpholine rings is 1. The van der Waals surface area contributed by atoms with Crippen LogP contribution in [0.25, 0.3) is 0 Å². The van der Waals surface area contributed by atoms with Crippen molar-refractivity contribution in [2.75, 3.05) is 23.8 Å². The minimum absolute atomic E-state index is 0.364. The van der Waals surface area contributed by atoms with Crippen LogP contribution in [0.1, 0.15) is 19.3 Å². The van der Waals surface area contributed by atoms with Gasteiger partial charge in [0.1, 0.15) is 6.33 Å². The Kier molecular flexibility index (Phi) is 2.40. The fraction of sp³-hybridized carbons (Fsp3) is 0.636. The molecule has 0 spiro atoms. The molecule has 5 nitrogen and oxygen atoms in total. The Hall–Kier alpha value is -1.36. The first-order valence-electron chi connectivity index (χ1n) is 5.80. The number of hydrogen-bond donors (Lipinski definition) is 1. The van der Waals surface area contributed by atoms with Gasteiger partial charge in [0.05, 0.1) is 30.6 Å². The van der Waals surface area contributed by atoms with E-state index in [9.17, 15) is 0 Å². The number of nitrogens with zero attached hydrogens (tertiary/aromatic N) is 3. The lowest BCUT2D eigenvalue weighted by molar-refractivity contribution is 0.0254. The monoisotopic (exact) mass is 220 g/mol. The second-order valence-corrected chi connectivity index (χ2v) is 4.40. The SMILES string of the molecule is Nc1cncnc1N1CCOC2CCCC21. The molecule has 3 rings (SSSR count). The van der Waals surface area contributed by atoms with E-state index in [0.29, 0.717) is 17.8 Å². The molecule has 2 N–H and O–H groups in total. The molecule has 86 valence electrons. The van der Waals surface area contributed by atoms with Crippen molar-refractivity contribution < 1.29 is 4.74 Å². The minimum atomic E-state index is 0.364. The molecular formula is C11H16N4O. The molecule has 16 heavy (non-hydrogen) atoms. The number of aromatic nitrogens is 2. The van der Waals surface area contributed by atoms with Gasteiger partial charge in [-0.25, -0.2) is 9.97 Å². The fourth-order valence-electron chi connectivity index (χ4n) is 2.76. The fourth-order valence-corrected chi connectivity index (χ4v) is 2.76. The van der Waals surface area contributed by atoms with Crippen LogP contribution in [0, 0.1) is 0 Å². The maximum Gasteiger partial charge on any atom is 0.155 e. The van der Waals surface area contributed by atoms with E-state index in [1.165, 1.54) is 12.8 Å². The van der Waals surface area contributed by atoms with Gasteiger partial charge in [0, 0.05) is 6.54 Å². The van der Waals surface area contributed by atoms with Gasteiger partial charge in [0.2, 0.25) is 0 Å². The highest BCUT2D eigenvalue weighted by atomic mass is 16.5. The Morgan fingerprint density at radius 3 is 3.25 bits per heavy atom. The molecule has 0 bridgehead atoms. The smallest absolute Gasteiger partial charge is 0.155 e. The van der Waals surface area contributed by atoms with Crippen molar-refractivity contribution in [3.8, 4) is 0 Å². The lowest BCUT2D eigenvalue weighted by Crippen LogP contribution is -2.49. The molecule has 2 unspecified atom stereocenters. The van der Waals surface area contributed by atoms with Crippen LogP contribution < -0.4 is 10.6 Å². The zero-order valence-electron chi connectivity index (χ0n) is 9.17. The Labute approximate surface area is 94.6 Å². The average molecular weight is 220 g/mol. The molecule has 1 saturated heterocycles. The summed E-state index contributed by atoms with van der Waals surface area (Å²) in [6.45, 7) is 1.65. The second-order valence-electron chi connectivity index (χ2n) is 4.40. The molecule has 0 amide bonds. The van der Waals surface area contributed by atoms with Crippen LogP contribution >= 0.6 is 0 Å². The van der Waals surface area contributed by atoms with Gasteiger partial charge in [-0.1, -0.05) is 0 Å². The van der Waals surface area contributed by atoms with Gasteiger partial charge in [-0.05, 0) is 19.3 Å². The van der Waals surface area contributed by atoms with Crippen LogP contribution in [0.5, 0.6) is 0 Å². The normalized spacial score (nSPS) is 29.1. The second kappa shape index (κ2) is 3.90. The highest BCUT2D eigenvalue weighted by molar-refractivity contribution is 5.61. The van der Waals surface area contributed by atoms with Crippen LogP contribution in [-0.4, -0.2) is 35.3 Å². The molecule has 5 heteroatoms. The third kappa shape index (κ3) is 1.51. The van der Waals surface area contributed by atoms with E-state index >= 15 is 0 Å².